The molecule has 0 aliphatic heterocycles. The number of Topliss-reactive ketones (excluding diaryl/α,β-unsaturated/α-hetero) is 1. The molecule has 0 fully saturated rings. The highest BCUT2D eigenvalue weighted by Gasteiger charge is 2.04. The van der Waals surface area contributed by atoms with Crippen LogP contribution in [0.1, 0.15) is 35.3 Å². The van der Waals surface area contributed by atoms with Crippen LogP contribution in [0.4, 0.5) is 0 Å². The molecule has 2 rings (SSSR count). The van der Waals surface area contributed by atoms with Gasteiger partial charge >= 0.3 is 0 Å². The van der Waals surface area contributed by atoms with Crippen molar-refractivity contribution in [2.24, 2.45) is 0 Å². The Kier molecular flexibility index (Phi) is 3.73. The minimum absolute atomic E-state index is 0.0997. The van der Waals surface area contributed by atoms with Crippen LogP contribution < -0.4 is 0 Å². The van der Waals surface area contributed by atoms with Crippen molar-refractivity contribution >= 4 is 17.4 Å². The van der Waals surface area contributed by atoms with Crippen molar-refractivity contribution in [1.29, 1.82) is 0 Å². The standard InChI is InChI=1S/C17H16O/c1-13(15-8-4-3-5-9-15)12-16-10-6-7-11-17(16)14(2)18/h3-12H,1-2H3/b13-12+. The summed E-state index contributed by atoms with van der Waals surface area (Å²) < 4.78 is 0. The molecule has 0 saturated carbocycles. The fraction of sp³-hybridized carbons (Fsp3) is 0.118. The zero-order valence-corrected chi connectivity index (χ0v) is 10.7. The molecular formula is C17H16O. The summed E-state index contributed by atoms with van der Waals surface area (Å²) in [7, 11) is 0. The fourth-order valence-corrected chi connectivity index (χ4v) is 1.96. The van der Waals surface area contributed by atoms with Crippen LogP contribution in [0.3, 0.4) is 0 Å². The van der Waals surface area contributed by atoms with E-state index in [4.69, 9.17) is 0 Å². The van der Waals surface area contributed by atoms with Gasteiger partial charge in [-0.1, -0.05) is 60.7 Å². The molecule has 1 heteroatoms. The number of allylic oxidation sites excluding steroid dienone is 1. The molecule has 0 unspecified atom stereocenters. The summed E-state index contributed by atoms with van der Waals surface area (Å²) in [6, 6.07) is 17.9. The number of ketones is 1. The Balaban J connectivity index is 2.42. The summed E-state index contributed by atoms with van der Waals surface area (Å²) in [5, 5.41) is 0. The van der Waals surface area contributed by atoms with E-state index < -0.39 is 0 Å². The van der Waals surface area contributed by atoms with Crippen LogP contribution in [0.25, 0.3) is 11.6 Å². The van der Waals surface area contributed by atoms with E-state index in [0.717, 1.165) is 16.7 Å². The summed E-state index contributed by atoms with van der Waals surface area (Å²) in [5.74, 6) is 0.0997. The number of rotatable bonds is 3. The highest BCUT2D eigenvalue weighted by atomic mass is 16.1. The summed E-state index contributed by atoms with van der Waals surface area (Å²) >= 11 is 0. The quantitative estimate of drug-likeness (QED) is 0.568. The number of carbonyl (C=O) groups is 1. The largest absolute Gasteiger partial charge is 0.294 e. The lowest BCUT2D eigenvalue weighted by Gasteiger charge is -2.05. The Bertz CT molecular complexity index is 580. The van der Waals surface area contributed by atoms with E-state index in [1.807, 2.05) is 42.5 Å². The van der Waals surface area contributed by atoms with Gasteiger partial charge in [-0.05, 0) is 30.5 Å². The zero-order valence-electron chi connectivity index (χ0n) is 10.7. The van der Waals surface area contributed by atoms with Crippen LogP contribution in [0.2, 0.25) is 0 Å². The minimum atomic E-state index is 0.0997. The Labute approximate surface area is 108 Å². The second kappa shape index (κ2) is 5.46. The van der Waals surface area contributed by atoms with Gasteiger partial charge in [0.2, 0.25) is 0 Å². The van der Waals surface area contributed by atoms with Gasteiger partial charge in [0.15, 0.2) is 5.78 Å². The predicted molar refractivity (Wildman–Crippen MR) is 76.4 cm³/mol. The van der Waals surface area contributed by atoms with E-state index in [0.29, 0.717) is 0 Å². The third-order valence-corrected chi connectivity index (χ3v) is 2.94. The highest BCUT2D eigenvalue weighted by molar-refractivity contribution is 5.99. The number of hydrogen-bond donors (Lipinski definition) is 0. The lowest BCUT2D eigenvalue weighted by atomic mass is 9.99. The Hall–Kier alpha value is -2.15. The average molecular weight is 236 g/mol. The lowest BCUT2D eigenvalue weighted by molar-refractivity contribution is 0.101. The number of benzene rings is 2. The zero-order chi connectivity index (χ0) is 13.0. The molecule has 2 aromatic rings. The van der Waals surface area contributed by atoms with E-state index in [1.165, 1.54) is 5.56 Å². The van der Waals surface area contributed by atoms with Crippen molar-refractivity contribution in [3.05, 3.63) is 71.3 Å². The van der Waals surface area contributed by atoms with Gasteiger partial charge in [0.05, 0.1) is 0 Å². The van der Waals surface area contributed by atoms with Gasteiger partial charge in [-0.2, -0.15) is 0 Å². The minimum Gasteiger partial charge on any atom is -0.294 e. The first-order chi connectivity index (χ1) is 8.68. The highest BCUT2D eigenvalue weighted by Crippen LogP contribution is 2.19. The van der Waals surface area contributed by atoms with Crippen molar-refractivity contribution in [3.63, 3.8) is 0 Å². The molecule has 0 radical (unpaired) electrons. The molecule has 0 bridgehead atoms. The van der Waals surface area contributed by atoms with Crippen LogP contribution in [-0.4, -0.2) is 5.78 Å². The number of carbonyl (C=O) groups excluding carboxylic acids is 1. The topological polar surface area (TPSA) is 17.1 Å². The molecule has 0 amide bonds. The van der Waals surface area contributed by atoms with E-state index in [2.05, 4.69) is 25.1 Å². The van der Waals surface area contributed by atoms with Crippen molar-refractivity contribution in [2.75, 3.05) is 0 Å². The molecule has 90 valence electrons. The van der Waals surface area contributed by atoms with E-state index in [-0.39, 0.29) is 5.78 Å². The molecule has 0 atom stereocenters. The normalized spacial score (nSPS) is 11.3. The van der Waals surface area contributed by atoms with Crippen LogP contribution >= 0.6 is 0 Å². The monoisotopic (exact) mass is 236 g/mol. The van der Waals surface area contributed by atoms with Crippen LogP contribution in [0.5, 0.6) is 0 Å². The molecule has 0 N–H and O–H groups in total. The van der Waals surface area contributed by atoms with Gasteiger partial charge in [0.25, 0.3) is 0 Å². The summed E-state index contributed by atoms with van der Waals surface area (Å²) in [4.78, 5) is 11.6. The van der Waals surface area contributed by atoms with Crippen molar-refractivity contribution in [2.45, 2.75) is 13.8 Å². The first-order valence-corrected chi connectivity index (χ1v) is 6.02. The average Bonchev–Trinajstić information content (AvgIpc) is 2.40. The molecule has 2 aromatic carbocycles. The van der Waals surface area contributed by atoms with Crippen molar-refractivity contribution in [3.8, 4) is 0 Å². The molecular weight excluding hydrogens is 220 g/mol. The van der Waals surface area contributed by atoms with Gasteiger partial charge in [-0.25, -0.2) is 0 Å². The summed E-state index contributed by atoms with van der Waals surface area (Å²) in [6.07, 6.45) is 2.06. The van der Waals surface area contributed by atoms with Crippen molar-refractivity contribution in [1.82, 2.24) is 0 Å². The van der Waals surface area contributed by atoms with Crippen LogP contribution in [-0.2, 0) is 0 Å². The first-order valence-electron chi connectivity index (χ1n) is 6.02. The van der Waals surface area contributed by atoms with Gasteiger partial charge in [-0.15, -0.1) is 0 Å². The molecule has 0 aliphatic carbocycles. The Morgan fingerprint density at radius 2 is 1.50 bits per heavy atom. The molecule has 0 aromatic heterocycles. The Morgan fingerprint density at radius 3 is 2.17 bits per heavy atom. The van der Waals surface area contributed by atoms with Gasteiger partial charge in [0.1, 0.15) is 0 Å². The van der Waals surface area contributed by atoms with E-state index in [9.17, 15) is 4.79 Å². The second-order valence-corrected chi connectivity index (χ2v) is 4.34. The maximum atomic E-state index is 11.6. The molecule has 0 spiro atoms. The lowest BCUT2D eigenvalue weighted by Crippen LogP contribution is -1.95. The molecule has 18 heavy (non-hydrogen) atoms. The third-order valence-electron chi connectivity index (χ3n) is 2.94. The third kappa shape index (κ3) is 2.75. The molecule has 0 aliphatic rings. The SMILES string of the molecule is CC(=O)c1ccccc1/C=C(\C)c1ccccc1. The maximum absolute atomic E-state index is 11.6. The van der Waals surface area contributed by atoms with Gasteiger partial charge in [0, 0.05) is 5.56 Å². The molecule has 1 nitrogen and oxygen atoms in total. The van der Waals surface area contributed by atoms with E-state index >= 15 is 0 Å². The van der Waals surface area contributed by atoms with Crippen molar-refractivity contribution < 1.29 is 4.79 Å². The molecule has 0 saturated heterocycles. The van der Waals surface area contributed by atoms with Crippen LogP contribution in [0.15, 0.2) is 54.6 Å². The Morgan fingerprint density at radius 1 is 0.889 bits per heavy atom. The van der Waals surface area contributed by atoms with Crippen LogP contribution in [0, 0.1) is 0 Å². The maximum Gasteiger partial charge on any atom is 0.160 e. The smallest absolute Gasteiger partial charge is 0.160 e. The predicted octanol–water partition coefficient (Wildman–Crippen LogP) is 4.45. The molecule has 0 heterocycles. The summed E-state index contributed by atoms with van der Waals surface area (Å²) in [6.45, 7) is 3.66. The first kappa shape index (κ1) is 12.3. The van der Waals surface area contributed by atoms with Gasteiger partial charge < -0.3 is 0 Å². The fourth-order valence-electron chi connectivity index (χ4n) is 1.96. The van der Waals surface area contributed by atoms with Gasteiger partial charge in [-0.3, -0.25) is 4.79 Å². The summed E-state index contributed by atoms with van der Waals surface area (Å²) in [5.41, 5.74) is 4.08. The second-order valence-electron chi connectivity index (χ2n) is 4.34. The number of hydrogen-bond acceptors (Lipinski definition) is 1. The van der Waals surface area contributed by atoms with E-state index in [1.54, 1.807) is 6.92 Å².